The molecule has 0 saturated heterocycles. The van der Waals surface area contributed by atoms with E-state index in [1.165, 1.54) is 6.20 Å². The van der Waals surface area contributed by atoms with E-state index in [-0.39, 0.29) is 6.04 Å². The first kappa shape index (κ1) is 19.1. The number of ether oxygens (including phenoxy) is 2. The van der Waals surface area contributed by atoms with Crippen LogP contribution in [-0.2, 0) is 0 Å². The Kier molecular flexibility index (Phi) is 5.99. The summed E-state index contributed by atoms with van der Waals surface area (Å²) in [6, 6.07) is 10.8. The van der Waals surface area contributed by atoms with Crippen molar-refractivity contribution in [3.05, 3.63) is 54.5 Å². The lowest BCUT2D eigenvalue weighted by Gasteiger charge is -2.14. The molecule has 2 heterocycles. The molecule has 1 atom stereocenters. The number of nitrogens with zero attached hydrogens (tertiary/aromatic N) is 4. The molecule has 1 aromatic carbocycles. The highest BCUT2D eigenvalue weighted by Gasteiger charge is 2.13. The van der Waals surface area contributed by atoms with Crippen LogP contribution in [0, 0.1) is 11.3 Å². The highest BCUT2D eigenvalue weighted by Crippen LogP contribution is 2.29. The molecule has 0 bridgehead atoms. The molecule has 3 aromatic rings. The minimum Gasteiger partial charge on any atom is -0.497 e. The van der Waals surface area contributed by atoms with Crippen LogP contribution in [0.15, 0.2) is 48.9 Å². The van der Waals surface area contributed by atoms with Gasteiger partial charge >= 0.3 is 0 Å². The molecule has 0 aliphatic heterocycles. The number of nitrogens with two attached hydrogens (primary N) is 1. The second kappa shape index (κ2) is 8.79. The van der Waals surface area contributed by atoms with E-state index in [0.717, 1.165) is 5.75 Å². The molecule has 0 aliphatic rings. The van der Waals surface area contributed by atoms with Gasteiger partial charge in [0.2, 0.25) is 0 Å². The van der Waals surface area contributed by atoms with E-state index in [0.29, 0.717) is 40.8 Å². The molecule has 3 N–H and O–H groups in total. The number of nitrogens with one attached hydrogen (secondary N) is 1. The summed E-state index contributed by atoms with van der Waals surface area (Å²) in [6.07, 6.45) is 4.71. The minimum absolute atomic E-state index is 0.0631. The number of benzene rings is 1. The lowest BCUT2D eigenvalue weighted by molar-refractivity contribution is 0.412. The highest BCUT2D eigenvalue weighted by molar-refractivity contribution is 5.62. The van der Waals surface area contributed by atoms with E-state index < -0.39 is 0 Å². The second-order valence-electron chi connectivity index (χ2n) is 6.12. The number of nitriles is 1. The zero-order valence-corrected chi connectivity index (χ0v) is 15.6. The third-order valence-corrected chi connectivity index (χ3v) is 3.77. The molecule has 8 heteroatoms. The number of anilines is 1. The Hall–Kier alpha value is -3.70. The summed E-state index contributed by atoms with van der Waals surface area (Å²) in [7, 11) is 1.60. The maximum atomic E-state index is 9.08. The molecule has 0 saturated carbocycles. The first-order valence-corrected chi connectivity index (χ1v) is 8.63. The summed E-state index contributed by atoms with van der Waals surface area (Å²) in [5.74, 6) is 2.08. The largest absolute Gasteiger partial charge is 0.497 e. The van der Waals surface area contributed by atoms with Crippen LogP contribution in [0.25, 0.3) is 11.3 Å². The standard InChI is InChI=1S/C20H20N6O2/c1-13(22)9-24-19-20(28-17-5-3-16(27-2)4-6-17)26-18(12-25-19)15-7-14(8-21)10-23-11-15/h3-7,10-13H,9,22H2,1-2H3,(H,24,25). The van der Waals surface area contributed by atoms with Crippen LogP contribution >= 0.6 is 0 Å². The van der Waals surface area contributed by atoms with Gasteiger partial charge in [0.15, 0.2) is 5.82 Å². The quantitative estimate of drug-likeness (QED) is 0.646. The van der Waals surface area contributed by atoms with Crippen molar-refractivity contribution in [2.45, 2.75) is 13.0 Å². The third kappa shape index (κ3) is 4.72. The van der Waals surface area contributed by atoms with Gasteiger partial charge in [-0.15, -0.1) is 0 Å². The Morgan fingerprint density at radius 1 is 1.18 bits per heavy atom. The topological polar surface area (TPSA) is 119 Å². The van der Waals surface area contributed by atoms with Gasteiger partial charge in [-0.05, 0) is 37.3 Å². The molecule has 8 nitrogen and oxygen atoms in total. The van der Waals surface area contributed by atoms with Crippen LogP contribution in [0.3, 0.4) is 0 Å². The predicted octanol–water partition coefficient (Wildman–Crippen LogP) is 2.97. The van der Waals surface area contributed by atoms with E-state index in [4.69, 9.17) is 20.5 Å². The molecular formula is C20H20N6O2. The zero-order chi connectivity index (χ0) is 19.9. The molecule has 28 heavy (non-hydrogen) atoms. The van der Waals surface area contributed by atoms with Crippen LogP contribution in [0.2, 0.25) is 0 Å². The number of aromatic nitrogens is 3. The average molecular weight is 376 g/mol. The lowest BCUT2D eigenvalue weighted by atomic mass is 10.2. The van der Waals surface area contributed by atoms with Crippen molar-refractivity contribution >= 4 is 5.82 Å². The minimum atomic E-state index is -0.0631. The van der Waals surface area contributed by atoms with Crippen LogP contribution in [0.4, 0.5) is 5.82 Å². The van der Waals surface area contributed by atoms with E-state index in [9.17, 15) is 0 Å². The third-order valence-electron chi connectivity index (χ3n) is 3.77. The number of hydrogen-bond acceptors (Lipinski definition) is 8. The average Bonchev–Trinajstić information content (AvgIpc) is 2.73. The fourth-order valence-corrected chi connectivity index (χ4v) is 2.36. The molecule has 142 valence electrons. The van der Waals surface area contributed by atoms with Gasteiger partial charge in [-0.3, -0.25) is 4.98 Å². The summed E-state index contributed by atoms with van der Waals surface area (Å²) in [5, 5.41) is 12.2. The summed E-state index contributed by atoms with van der Waals surface area (Å²) in [5.41, 5.74) is 7.48. The maximum absolute atomic E-state index is 9.08. The number of pyridine rings is 1. The molecule has 0 amide bonds. The normalized spacial score (nSPS) is 11.4. The van der Waals surface area contributed by atoms with Crippen molar-refractivity contribution in [1.29, 1.82) is 5.26 Å². The van der Waals surface area contributed by atoms with Gasteiger partial charge in [0.25, 0.3) is 5.88 Å². The molecular weight excluding hydrogens is 356 g/mol. The first-order chi connectivity index (χ1) is 13.6. The summed E-state index contributed by atoms with van der Waals surface area (Å²) in [6.45, 7) is 2.40. The first-order valence-electron chi connectivity index (χ1n) is 8.63. The summed E-state index contributed by atoms with van der Waals surface area (Å²) < 4.78 is 11.1. The predicted molar refractivity (Wildman–Crippen MR) is 105 cm³/mol. The maximum Gasteiger partial charge on any atom is 0.263 e. The van der Waals surface area contributed by atoms with Crippen molar-refractivity contribution < 1.29 is 9.47 Å². The number of rotatable bonds is 7. The van der Waals surface area contributed by atoms with Gasteiger partial charge in [-0.2, -0.15) is 5.26 Å². The fraction of sp³-hybridized carbons (Fsp3) is 0.200. The SMILES string of the molecule is COc1ccc(Oc2nc(-c3cncc(C#N)c3)cnc2NCC(C)N)cc1. The van der Waals surface area contributed by atoms with Crippen molar-refractivity contribution in [1.82, 2.24) is 15.0 Å². The summed E-state index contributed by atoms with van der Waals surface area (Å²) in [4.78, 5) is 13.1. The molecule has 0 fully saturated rings. The van der Waals surface area contributed by atoms with Gasteiger partial charge in [0.1, 0.15) is 17.6 Å². The number of hydrogen-bond donors (Lipinski definition) is 2. The Bertz CT molecular complexity index is 983. The van der Waals surface area contributed by atoms with Crippen LogP contribution in [0.1, 0.15) is 12.5 Å². The van der Waals surface area contributed by atoms with Gasteiger partial charge in [-0.25, -0.2) is 9.97 Å². The Morgan fingerprint density at radius 2 is 1.93 bits per heavy atom. The highest BCUT2D eigenvalue weighted by atomic mass is 16.5. The number of methoxy groups -OCH3 is 1. The van der Waals surface area contributed by atoms with Crippen molar-refractivity contribution in [3.8, 4) is 34.7 Å². The van der Waals surface area contributed by atoms with E-state index in [2.05, 4.69) is 26.3 Å². The van der Waals surface area contributed by atoms with Crippen LogP contribution in [0.5, 0.6) is 17.4 Å². The van der Waals surface area contributed by atoms with E-state index >= 15 is 0 Å². The monoisotopic (exact) mass is 376 g/mol. The van der Waals surface area contributed by atoms with Crippen LogP contribution < -0.4 is 20.5 Å². The molecule has 0 radical (unpaired) electrons. The van der Waals surface area contributed by atoms with Crippen molar-refractivity contribution in [2.24, 2.45) is 5.73 Å². The van der Waals surface area contributed by atoms with Crippen LogP contribution in [-0.4, -0.2) is 34.6 Å². The Morgan fingerprint density at radius 3 is 2.61 bits per heavy atom. The summed E-state index contributed by atoms with van der Waals surface area (Å²) >= 11 is 0. The molecule has 3 rings (SSSR count). The van der Waals surface area contributed by atoms with Crippen molar-refractivity contribution in [3.63, 3.8) is 0 Å². The lowest BCUT2D eigenvalue weighted by Crippen LogP contribution is -2.25. The Balaban J connectivity index is 1.95. The van der Waals surface area contributed by atoms with Gasteiger partial charge < -0.3 is 20.5 Å². The van der Waals surface area contributed by atoms with E-state index in [1.807, 2.05) is 6.92 Å². The smallest absolute Gasteiger partial charge is 0.263 e. The molecule has 2 aromatic heterocycles. The second-order valence-corrected chi connectivity index (χ2v) is 6.12. The van der Waals surface area contributed by atoms with Crippen molar-refractivity contribution in [2.75, 3.05) is 19.0 Å². The van der Waals surface area contributed by atoms with Gasteiger partial charge in [-0.1, -0.05) is 0 Å². The van der Waals surface area contributed by atoms with E-state index in [1.54, 1.807) is 49.8 Å². The van der Waals surface area contributed by atoms with Gasteiger partial charge in [0.05, 0.1) is 24.6 Å². The molecule has 0 spiro atoms. The zero-order valence-electron chi connectivity index (χ0n) is 15.6. The molecule has 0 aliphatic carbocycles. The molecule has 1 unspecified atom stereocenters. The fourth-order valence-electron chi connectivity index (χ4n) is 2.36. The van der Waals surface area contributed by atoms with Gasteiger partial charge in [0, 0.05) is 30.5 Å². The Labute approximate surface area is 163 Å².